The number of hydrogen-bond acceptors (Lipinski definition) is 4. The van der Waals surface area contributed by atoms with Gasteiger partial charge in [-0.2, -0.15) is 0 Å². The fourth-order valence-corrected chi connectivity index (χ4v) is 6.46. The third-order valence-corrected chi connectivity index (χ3v) is 8.96. The number of carbonyl (C=O) groups excluding carboxylic acids is 2. The first-order valence-corrected chi connectivity index (χ1v) is 15.4. The molecule has 0 aliphatic carbocycles. The summed E-state index contributed by atoms with van der Waals surface area (Å²) in [5.74, 6) is -0.947. The van der Waals surface area contributed by atoms with E-state index in [1.165, 1.54) is 42.3 Å². The molecule has 0 aliphatic rings. The standard InChI is InChI=1S/C32H31Cl2N3O4S/c1-23-13-15-29(16-14-23)42(40,41)37(28-19-26(33)18-27(34)20-28)22-31(38)36(21-25-11-7-4-8-12-25)30(32(39)35-2)17-24-9-5-3-6-10-24/h3-16,18-20,30H,17,21-22H2,1-2H3,(H,35,39). The number of hydrogen-bond donors (Lipinski definition) is 1. The number of nitrogens with zero attached hydrogens (tertiary/aromatic N) is 2. The van der Waals surface area contributed by atoms with Crippen LogP contribution in [0.3, 0.4) is 0 Å². The maximum Gasteiger partial charge on any atom is 0.264 e. The first kappa shape index (κ1) is 31.1. The first-order chi connectivity index (χ1) is 20.1. The zero-order valence-electron chi connectivity index (χ0n) is 23.2. The number of rotatable bonds is 11. The molecule has 0 spiro atoms. The molecule has 4 aromatic rings. The average molecular weight is 625 g/mol. The number of amides is 2. The minimum absolute atomic E-state index is 0.00116. The number of sulfonamides is 1. The number of nitrogens with one attached hydrogen (secondary N) is 1. The Morgan fingerprint density at radius 3 is 1.90 bits per heavy atom. The zero-order chi connectivity index (χ0) is 30.3. The van der Waals surface area contributed by atoms with E-state index in [0.29, 0.717) is 0 Å². The number of benzene rings is 4. The van der Waals surface area contributed by atoms with Crippen LogP contribution in [0, 0.1) is 6.92 Å². The largest absolute Gasteiger partial charge is 0.357 e. The van der Waals surface area contributed by atoms with Crippen LogP contribution in [0.4, 0.5) is 5.69 Å². The Bertz CT molecular complexity index is 1610. The van der Waals surface area contributed by atoms with Crippen molar-refractivity contribution < 1.29 is 18.0 Å². The second kappa shape index (κ2) is 13.9. The molecule has 42 heavy (non-hydrogen) atoms. The summed E-state index contributed by atoms with van der Waals surface area (Å²) in [5.41, 5.74) is 2.64. The van der Waals surface area contributed by atoms with Crippen LogP contribution >= 0.6 is 23.2 Å². The summed E-state index contributed by atoms with van der Waals surface area (Å²) in [6.07, 6.45) is 0.229. The smallest absolute Gasteiger partial charge is 0.264 e. The van der Waals surface area contributed by atoms with E-state index in [4.69, 9.17) is 23.2 Å². The summed E-state index contributed by atoms with van der Waals surface area (Å²) < 4.78 is 29.0. The summed E-state index contributed by atoms with van der Waals surface area (Å²) in [5, 5.41) is 3.09. The highest BCUT2D eigenvalue weighted by atomic mass is 35.5. The Morgan fingerprint density at radius 1 is 0.810 bits per heavy atom. The predicted molar refractivity (Wildman–Crippen MR) is 167 cm³/mol. The van der Waals surface area contributed by atoms with E-state index in [-0.39, 0.29) is 39.5 Å². The molecule has 0 radical (unpaired) electrons. The number of halogens is 2. The Labute approximate surface area is 256 Å². The van der Waals surface area contributed by atoms with E-state index in [1.54, 1.807) is 12.1 Å². The molecule has 218 valence electrons. The molecule has 1 unspecified atom stereocenters. The lowest BCUT2D eigenvalue weighted by atomic mass is 10.0. The predicted octanol–water partition coefficient (Wildman–Crippen LogP) is 5.88. The number of aryl methyl sites for hydroxylation is 1. The molecule has 10 heteroatoms. The number of carbonyl (C=O) groups is 2. The van der Waals surface area contributed by atoms with Gasteiger partial charge in [0.05, 0.1) is 10.6 Å². The Morgan fingerprint density at radius 2 is 1.36 bits per heavy atom. The van der Waals surface area contributed by atoms with Gasteiger partial charge < -0.3 is 10.2 Å². The number of anilines is 1. The minimum atomic E-state index is -4.25. The van der Waals surface area contributed by atoms with E-state index >= 15 is 0 Å². The Hall–Kier alpha value is -3.85. The molecular formula is C32H31Cl2N3O4S. The molecule has 4 aromatic carbocycles. The monoisotopic (exact) mass is 623 g/mol. The van der Waals surface area contributed by atoms with Gasteiger partial charge in [-0.25, -0.2) is 8.42 Å². The van der Waals surface area contributed by atoms with Gasteiger partial charge in [0.1, 0.15) is 12.6 Å². The van der Waals surface area contributed by atoms with E-state index < -0.39 is 28.5 Å². The molecule has 0 heterocycles. The van der Waals surface area contributed by atoms with Crippen molar-refractivity contribution in [3.8, 4) is 0 Å². The fraction of sp³-hybridized carbons (Fsp3) is 0.188. The van der Waals surface area contributed by atoms with Crippen molar-refractivity contribution in [1.29, 1.82) is 0 Å². The third kappa shape index (κ3) is 7.70. The summed E-state index contributed by atoms with van der Waals surface area (Å²) in [6.45, 7) is 1.34. The van der Waals surface area contributed by atoms with Crippen LogP contribution in [-0.4, -0.2) is 44.8 Å². The quantitative estimate of drug-likeness (QED) is 0.226. The molecule has 1 atom stereocenters. The molecule has 2 amide bonds. The highest BCUT2D eigenvalue weighted by Gasteiger charge is 2.34. The second-order valence-electron chi connectivity index (χ2n) is 9.78. The van der Waals surface area contributed by atoms with Crippen molar-refractivity contribution in [3.05, 3.63) is 130 Å². The molecule has 0 aromatic heterocycles. The summed E-state index contributed by atoms with van der Waals surface area (Å²) in [6, 6.07) is 28.3. The van der Waals surface area contributed by atoms with Gasteiger partial charge in [-0.1, -0.05) is 102 Å². The minimum Gasteiger partial charge on any atom is -0.357 e. The van der Waals surface area contributed by atoms with E-state index in [1.807, 2.05) is 67.6 Å². The van der Waals surface area contributed by atoms with Crippen molar-refractivity contribution in [2.45, 2.75) is 30.8 Å². The molecule has 0 saturated carbocycles. The highest BCUT2D eigenvalue weighted by molar-refractivity contribution is 7.92. The maximum absolute atomic E-state index is 14.3. The molecule has 7 nitrogen and oxygen atoms in total. The van der Waals surface area contributed by atoms with Gasteiger partial charge in [0.25, 0.3) is 10.0 Å². The van der Waals surface area contributed by atoms with E-state index in [9.17, 15) is 18.0 Å². The molecule has 0 fully saturated rings. The normalized spacial score (nSPS) is 11.9. The third-order valence-electron chi connectivity index (χ3n) is 6.74. The van der Waals surface area contributed by atoms with Crippen molar-refractivity contribution in [2.75, 3.05) is 17.9 Å². The average Bonchev–Trinajstić information content (AvgIpc) is 2.97. The molecule has 0 aliphatic heterocycles. The molecule has 4 rings (SSSR count). The second-order valence-corrected chi connectivity index (χ2v) is 12.5. The van der Waals surface area contributed by atoms with Crippen molar-refractivity contribution in [1.82, 2.24) is 10.2 Å². The van der Waals surface area contributed by atoms with Gasteiger partial charge in [-0.15, -0.1) is 0 Å². The van der Waals surface area contributed by atoms with Crippen LogP contribution in [0.1, 0.15) is 16.7 Å². The van der Waals surface area contributed by atoms with Gasteiger partial charge in [-0.05, 0) is 48.4 Å². The fourth-order valence-electron chi connectivity index (χ4n) is 4.55. The molecular weight excluding hydrogens is 593 g/mol. The van der Waals surface area contributed by atoms with Crippen LogP contribution < -0.4 is 9.62 Å². The van der Waals surface area contributed by atoms with Gasteiger partial charge in [0.15, 0.2) is 0 Å². The van der Waals surface area contributed by atoms with Crippen LogP contribution in [0.2, 0.25) is 10.0 Å². The first-order valence-electron chi connectivity index (χ1n) is 13.2. The Balaban J connectivity index is 1.80. The lowest BCUT2D eigenvalue weighted by Gasteiger charge is -2.33. The zero-order valence-corrected chi connectivity index (χ0v) is 25.5. The number of likely N-dealkylation sites (N-methyl/N-ethyl adjacent to an activating group) is 1. The summed E-state index contributed by atoms with van der Waals surface area (Å²) in [4.78, 5) is 29.0. The van der Waals surface area contributed by atoms with E-state index in [0.717, 1.165) is 21.0 Å². The van der Waals surface area contributed by atoms with Crippen molar-refractivity contribution >= 4 is 50.7 Å². The maximum atomic E-state index is 14.3. The van der Waals surface area contributed by atoms with Crippen LogP contribution in [0.25, 0.3) is 0 Å². The highest BCUT2D eigenvalue weighted by Crippen LogP contribution is 2.30. The van der Waals surface area contributed by atoms with Crippen LogP contribution in [0.15, 0.2) is 108 Å². The van der Waals surface area contributed by atoms with Gasteiger partial charge >= 0.3 is 0 Å². The lowest BCUT2D eigenvalue weighted by Crippen LogP contribution is -2.53. The van der Waals surface area contributed by atoms with Gasteiger partial charge in [0, 0.05) is 30.1 Å². The van der Waals surface area contributed by atoms with E-state index in [2.05, 4.69) is 5.32 Å². The van der Waals surface area contributed by atoms with Crippen molar-refractivity contribution in [2.24, 2.45) is 0 Å². The molecule has 1 N–H and O–H groups in total. The van der Waals surface area contributed by atoms with Gasteiger partial charge in [-0.3, -0.25) is 13.9 Å². The van der Waals surface area contributed by atoms with Crippen LogP contribution in [-0.2, 0) is 32.6 Å². The van der Waals surface area contributed by atoms with Crippen molar-refractivity contribution in [3.63, 3.8) is 0 Å². The topological polar surface area (TPSA) is 86.8 Å². The van der Waals surface area contributed by atoms with Gasteiger partial charge in [0.2, 0.25) is 11.8 Å². The Kier molecular flexibility index (Phi) is 10.3. The SMILES string of the molecule is CNC(=O)C(Cc1ccccc1)N(Cc1ccccc1)C(=O)CN(c1cc(Cl)cc(Cl)c1)S(=O)(=O)c1ccc(C)cc1. The summed E-state index contributed by atoms with van der Waals surface area (Å²) in [7, 11) is -2.74. The summed E-state index contributed by atoms with van der Waals surface area (Å²) >= 11 is 12.5. The lowest BCUT2D eigenvalue weighted by molar-refractivity contribution is -0.139. The van der Waals surface area contributed by atoms with Crippen LogP contribution in [0.5, 0.6) is 0 Å². The molecule has 0 saturated heterocycles. The molecule has 0 bridgehead atoms.